The molecule has 2 aliphatic rings. The van der Waals surface area contributed by atoms with E-state index in [1.807, 2.05) is 0 Å². The first-order chi connectivity index (χ1) is 17.1. The van der Waals surface area contributed by atoms with Gasteiger partial charge < -0.3 is 31.1 Å². The topological polar surface area (TPSA) is 87.3 Å². The van der Waals surface area contributed by atoms with E-state index in [4.69, 9.17) is 4.74 Å². The molecule has 5 N–H and O–H groups in total. The van der Waals surface area contributed by atoms with Gasteiger partial charge in [0.25, 0.3) is 0 Å². The Morgan fingerprint density at radius 2 is 1.20 bits per heavy atom. The van der Waals surface area contributed by atoms with Gasteiger partial charge in [0, 0.05) is 112 Å². The van der Waals surface area contributed by atoms with Gasteiger partial charge in [0.05, 0.1) is 12.7 Å². The first-order valence-corrected chi connectivity index (χ1v) is 13.4. The van der Waals surface area contributed by atoms with Crippen LogP contribution in [0.5, 0.6) is 0 Å². The average Bonchev–Trinajstić information content (AvgIpc) is 3.02. The molecule has 9 heteroatoms. The summed E-state index contributed by atoms with van der Waals surface area (Å²) >= 11 is 0. The molecular weight excluding hydrogens is 442 g/mol. The maximum absolute atomic E-state index is 10.2. The number of aliphatic hydroxyl groups is 1. The molecule has 0 bridgehead atoms. The van der Waals surface area contributed by atoms with Crippen LogP contribution in [-0.4, -0.2) is 132 Å². The van der Waals surface area contributed by atoms with Crippen molar-refractivity contribution in [1.82, 2.24) is 36.0 Å². The lowest BCUT2D eigenvalue weighted by atomic mass is 10.0. The van der Waals surface area contributed by atoms with Crippen LogP contribution in [0.3, 0.4) is 0 Å². The Hall–Kier alpha value is -1.14. The van der Waals surface area contributed by atoms with E-state index in [1.165, 1.54) is 16.7 Å². The highest BCUT2D eigenvalue weighted by Gasteiger charge is 2.14. The molecular formula is C26H49N7O2. The molecule has 0 amide bonds. The number of hydrogen-bond donors (Lipinski definition) is 5. The van der Waals surface area contributed by atoms with Gasteiger partial charge in [0.15, 0.2) is 0 Å². The number of nitrogens with zero attached hydrogens (tertiary/aromatic N) is 3. The number of methoxy groups -OCH3 is 1. The highest BCUT2D eigenvalue weighted by atomic mass is 16.5. The Morgan fingerprint density at radius 1 is 0.771 bits per heavy atom. The highest BCUT2D eigenvalue weighted by Crippen LogP contribution is 2.17. The fourth-order valence-electron chi connectivity index (χ4n) is 4.95. The van der Waals surface area contributed by atoms with Gasteiger partial charge in [-0.05, 0) is 23.7 Å². The van der Waals surface area contributed by atoms with Crippen LogP contribution in [0.2, 0.25) is 0 Å². The van der Waals surface area contributed by atoms with E-state index in [2.05, 4.69) is 61.2 Å². The minimum Gasteiger partial charge on any atom is -0.389 e. The maximum atomic E-state index is 10.2. The Balaban J connectivity index is 1.72. The zero-order valence-electron chi connectivity index (χ0n) is 22.0. The molecule has 3 rings (SSSR count). The monoisotopic (exact) mass is 491 g/mol. The highest BCUT2D eigenvalue weighted by molar-refractivity contribution is 5.30. The SMILES string of the molecule is COCC(O)CN(C)Cc1cc(CN2CCNCCNCC2)cc(CN2CCNCCNCC2)c1. The molecule has 0 spiro atoms. The van der Waals surface area contributed by atoms with Gasteiger partial charge in [-0.15, -0.1) is 0 Å². The second-order valence-corrected chi connectivity index (χ2v) is 10.0. The average molecular weight is 492 g/mol. The molecule has 1 aromatic rings. The minimum atomic E-state index is -0.470. The summed E-state index contributed by atoms with van der Waals surface area (Å²) < 4.78 is 5.11. The molecule has 0 saturated carbocycles. The van der Waals surface area contributed by atoms with Crippen LogP contribution in [0.25, 0.3) is 0 Å². The van der Waals surface area contributed by atoms with Gasteiger partial charge in [0.2, 0.25) is 0 Å². The zero-order valence-corrected chi connectivity index (χ0v) is 22.0. The normalized spacial score (nSPS) is 20.9. The third kappa shape index (κ3) is 11.6. The summed E-state index contributed by atoms with van der Waals surface area (Å²) in [6.45, 7) is 16.2. The number of aliphatic hydroxyl groups excluding tert-OH is 1. The zero-order chi connectivity index (χ0) is 24.7. The summed E-state index contributed by atoms with van der Waals surface area (Å²) in [6.07, 6.45) is -0.470. The predicted molar refractivity (Wildman–Crippen MR) is 143 cm³/mol. The van der Waals surface area contributed by atoms with Crippen LogP contribution in [0.15, 0.2) is 18.2 Å². The molecule has 0 aromatic heterocycles. The van der Waals surface area contributed by atoms with Gasteiger partial charge >= 0.3 is 0 Å². The van der Waals surface area contributed by atoms with Gasteiger partial charge in [0.1, 0.15) is 0 Å². The number of likely N-dealkylation sites (N-methyl/N-ethyl adjacent to an activating group) is 1. The van der Waals surface area contributed by atoms with Crippen LogP contribution in [-0.2, 0) is 24.4 Å². The Bertz CT molecular complexity index is 644. The lowest BCUT2D eigenvalue weighted by molar-refractivity contribution is 0.0419. The van der Waals surface area contributed by atoms with Gasteiger partial charge in [-0.25, -0.2) is 0 Å². The number of benzene rings is 1. The lowest BCUT2D eigenvalue weighted by Crippen LogP contribution is -2.34. The Labute approximate surface area is 212 Å². The summed E-state index contributed by atoms with van der Waals surface area (Å²) in [7, 11) is 3.71. The standard InChI is InChI=1S/C26H49N7O2/c1-31(21-26(34)22-35-2)18-23-15-24(19-32-11-7-27-3-4-28-8-12-32)17-25(16-23)20-33-13-9-29-5-6-30-10-14-33/h15-17,26-30,34H,3-14,18-22H2,1-2H3. The van der Waals surface area contributed by atoms with Crippen LogP contribution in [0, 0.1) is 0 Å². The molecule has 2 heterocycles. The van der Waals surface area contributed by atoms with Crippen molar-refractivity contribution in [3.63, 3.8) is 0 Å². The Kier molecular flexibility index (Phi) is 13.5. The van der Waals surface area contributed by atoms with Crippen molar-refractivity contribution >= 4 is 0 Å². The van der Waals surface area contributed by atoms with Crippen molar-refractivity contribution in [3.05, 3.63) is 34.9 Å². The van der Waals surface area contributed by atoms with E-state index in [0.717, 1.165) is 98.2 Å². The number of ether oxygens (including phenoxy) is 1. The van der Waals surface area contributed by atoms with E-state index >= 15 is 0 Å². The van der Waals surface area contributed by atoms with Crippen molar-refractivity contribution in [2.24, 2.45) is 0 Å². The predicted octanol–water partition coefficient (Wildman–Crippen LogP) is -0.885. The third-order valence-corrected chi connectivity index (χ3v) is 6.64. The van der Waals surface area contributed by atoms with Crippen LogP contribution in [0.4, 0.5) is 0 Å². The Morgan fingerprint density at radius 3 is 1.63 bits per heavy atom. The van der Waals surface area contributed by atoms with E-state index in [1.54, 1.807) is 7.11 Å². The summed E-state index contributed by atoms with van der Waals surface area (Å²) in [5.74, 6) is 0. The lowest BCUT2D eigenvalue weighted by Gasteiger charge is -2.25. The molecule has 1 atom stereocenters. The van der Waals surface area contributed by atoms with E-state index in [0.29, 0.717) is 13.2 Å². The van der Waals surface area contributed by atoms with Crippen molar-refractivity contribution in [1.29, 1.82) is 0 Å². The smallest absolute Gasteiger partial charge is 0.0900 e. The van der Waals surface area contributed by atoms with Crippen LogP contribution in [0.1, 0.15) is 16.7 Å². The van der Waals surface area contributed by atoms with Crippen molar-refractivity contribution in [2.75, 3.05) is 106 Å². The summed E-state index contributed by atoms with van der Waals surface area (Å²) in [6, 6.07) is 7.12. The molecule has 1 unspecified atom stereocenters. The molecule has 0 radical (unpaired) electrons. The van der Waals surface area contributed by atoms with E-state index in [-0.39, 0.29) is 0 Å². The van der Waals surface area contributed by atoms with Crippen molar-refractivity contribution in [2.45, 2.75) is 25.7 Å². The molecule has 2 fully saturated rings. The molecule has 2 aliphatic heterocycles. The third-order valence-electron chi connectivity index (χ3n) is 6.64. The van der Waals surface area contributed by atoms with Gasteiger partial charge in [-0.1, -0.05) is 18.2 Å². The van der Waals surface area contributed by atoms with E-state index in [9.17, 15) is 5.11 Å². The number of hydrogen-bond acceptors (Lipinski definition) is 9. The minimum absolute atomic E-state index is 0.365. The van der Waals surface area contributed by atoms with Crippen molar-refractivity contribution in [3.8, 4) is 0 Å². The number of nitrogens with one attached hydrogen (secondary N) is 4. The summed E-state index contributed by atoms with van der Waals surface area (Å²) in [5, 5.41) is 24.3. The quantitative estimate of drug-likeness (QED) is 0.286. The first kappa shape index (κ1) is 28.4. The van der Waals surface area contributed by atoms with E-state index < -0.39 is 6.10 Å². The van der Waals surface area contributed by atoms with Crippen LogP contribution < -0.4 is 21.3 Å². The molecule has 0 aliphatic carbocycles. The number of rotatable bonds is 10. The molecule has 35 heavy (non-hydrogen) atoms. The molecule has 2 saturated heterocycles. The largest absolute Gasteiger partial charge is 0.389 e. The summed E-state index contributed by atoms with van der Waals surface area (Å²) in [4.78, 5) is 7.29. The fourth-order valence-corrected chi connectivity index (χ4v) is 4.95. The fraction of sp³-hybridized carbons (Fsp3) is 0.769. The maximum Gasteiger partial charge on any atom is 0.0900 e. The first-order valence-electron chi connectivity index (χ1n) is 13.4. The van der Waals surface area contributed by atoms with Crippen molar-refractivity contribution < 1.29 is 9.84 Å². The summed E-state index contributed by atoms with van der Waals surface area (Å²) in [5.41, 5.74) is 4.07. The second kappa shape index (κ2) is 16.6. The molecule has 1 aromatic carbocycles. The second-order valence-electron chi connectivity index (χ2n) is 10.0. The molecule has 200 valence electrons. The van der Waals surface area contributed by atoms with Crippen LogP contribution >= 0.6 is 0 Å². The molecule has 9 nitrogen and oxygen atoms in total. The van der Waals surface area contributed by atoms with Gasteiger partial charge in [-0.2, -0.15) is 0 Å². The van der Waals surface area contributed by atoms with Gasteiger partial charge in [-0.3, -0.25) is 14.7 Å².